The molecule has 1 atom stereocenters. The van der Waals surface area contributed by atoms with Gasteiger partial charge in [-0.25, -0.2) is 4.79 Å². The van der Waals surface area contributed by atoms with Gasteiger partial charge in [-0.2, -0.15) is 4.98 Å². The van der Waals surface area contributed by atoms with Crippen LogP contribution < -0.4 is 10.6 Å². The van der Waals surface area contributed by atoms with Crippen LogP contribution >= 0.6 is 11.8 Å². The molecule has 1 amide bonds. The van der Waals surface area contributed by atoms with Gasteiger partial charge in [-0.3, -0.25) is 9.59 Å². The molecule has 6 nitrogen and oxygen atoms in total. The van der Waals surface area contributed by atoms with Crippen molar-refractivity contribution in [2.45, 2.75) is 31.0 Å². The van der Waals surface area contributed by atoms with Crippen LogP contribution in [0.1, 0.15) is 29.9 Å². The maximum Gasteiger partial charge on any atom is 0.346 e. The number of carbonyl (C=O) groups excluding carboxylic acids is 2. The zero-order valence-corrected chi connectivity index (χ0v) is 14.8. The van der Waals surface area contributed by atoms with E-state index in [-0.39, 0.29) is 16.7 Å². The molecule has 0 aliphatic heterocycles. The number of benzene rings is 1. The molecular formula is C17H19N3O3S. The number of aromatic nitrogens is 2. The topological polar surface area (TPSA) is 83.1 Å². The highest BCUT2D eigenvalue weighted by Crippen LogP contribution is 2.27. The Morgan fingerprint density at radius 1 is 1.25 bits per heavy atom. The summed E-state index contributed by atoms with van der Waals surface area (Å²) in [5.74, 6) is -0.338. The highest BCUT2D eigenvalue weighted by atomic mass is 32.2. The second-order valence-electron chi connectivity index (χ2n) is 5.40. The number of rotatable bonds is 5. The summed E-state index contributed by atoms with van der Waals surface area (Å²) >= 11 is 1.11. The van der Waals surface area contributed by atoms with Crippen LogP contribution in [-0.2, 0) is 4.79 Å². The van der Waals surface area contributed by atoms with Gasteiger partial charge in [0.15, 0.2) is 5.78 Å². The van der Waals surface area contributed by atoms with E-state index in [4.69, 9.17) is 0 Å². The van der Waals surface area contributed by atoms with E-state index < -0.39 is 10.9 Å². The van der Waals surface area contributed by atoms with Gasteiger partial charge in [0, 0.05) is 18.4 Å². The Labute approximate surface area is 144 Å². The summed E-state index contributed by atoms with van der Waals surface area (Å²) < 4.78 is 0. The van der Waals surface area contributed by atoms with Gasteiger partial charge < -0.3 is 9.88 Å². The van der Waals surface area contributed by atoms with Gasteiger partial charge in [-0.15, -0.1) is 0 Å². The molecule has 0 spiro atoms. The molecule has 0 saturated carbocycles. The fraction of sp³-hybridized carbons (Fsp3) is 0.294. The molecule has 1 aromatic carbocycles. The summed E-state index contributed by atoms with van der Waals surface area (Å²) in [6, 6.07) is 9.26. The van der Waals surface area contributed by atoms with E-state index in [2.05, 4.69) is 9.97 Å². The summed E-state index contributed by atoms with van der Waals surface area (Å²) in [7, 11) is 1.69. The predicted octanol–water partition coefficient (Wildman–Crippen LogP) is 2.42. The third-order valence-electron chi connectivity index (χ3n) is 3.55. The number of nitrogens with zero attached hydrogens (tertiary/aromatic N) is 2. The van der Waals surface area contributed by atoms with Crippen molar-refractivity contribution in [3.63, 3.8) is 0 Å². The van der Waals surface area contributed by atoms with Crippen LogP contribution in [0.3, 0.4) is 0 Å². The highest BCUT2D eigenvalue weighted by Gasteiger charge is 2.23. The van der Waals surface area contributed by atoms with Crippen molar-refractivity contribution < 1.29 is 9.59 Å². The van der Waals surface area contributed by atoms with Crippen LogP contribution in [0.4, 0.5) is 5.69 Å². The average molecular weight is 345 g/mol. The monoisotopic (exact) mass is 345 g/mol. The first-order valence-corrected chi connectivity index (χ1v) is 8.30. The molecule has 2 aromatic rings. The number of aromatic amines is 1. The third-order valence-corrected chi connectivity index (χ3v) is 4.62. The molecule has 1 aromatic heterocycles. The standard InChI is InChI=1S/C17H19N3O3S/c1-10-14(11(2)21)15(19-17(23)18-10)24-12(3)16(22)20(4)13-8-6-5-7-9-13/h5-9,12H,1-4H3,(H,18,19,23)/t12-/m0/s1. The molecule has 7 heteroatoms. The number of hydrogen-bond acceptors (Lipinski definition) is 5. The highest BCUT2D eigenvalue weighted by molar-refractivity contribution is 8.00. The molecule has 0 unspecified atom stereocenters. The van der Waals surface area contributed by atoms with Crippen molar-refractivity contribution in [1.29, 1.82) is 0 Å². The molecule has 0 bridgehead atoms. The lowest BCUT2D eigenvalue weighted by atomic mass is 10.2. The number of amides is 1. The van der Waals surface area contributed by atoms with Gasteiger partial charge in [-0.05, 0) is 32.9 Å². The van der Waals surface area contributed by atoms with Crippen molar-refractivity contribution in [3.05, 3.63) is 52.1 Å². The third kappa shape index (κ3) is 3.91. The summed E-state index contributed by atoms with van der Waals surface area (Å²) in [4.78, 5) is 44.0. The van der Waals surface area contributed by atoms with Gasteiger partial charge in [-0.1, -0.05) is 30.0 Å². The fourth-order valence-corrected chi connectivity index (χ4v) is 3.47. The van der Waals surface area contributed by atoms with E-state index >= 15 is 0 Å². The number of hydrogen-bond donors (Lipinski definition) is 1. The van der Waals surface area contributed by atoms with E-state index in [0.29, 0.717) is 11.3 Å². The zero-order chi connectivity index (χ0) is 17.9. The second-order valence-corrected chi connectivity index (χ2v) is 6.73. The zero-order valence-electron chi connectivity index (χ0n) is 14.0. The molecule has 1 heterocycles. The molecule has 0 saturated heterocycles. The molecule has 126 valence electrons. The first-order valence-electron chi connectivity index (χ1n) is 7.42. The quantitative estimate of drug-likeness (QED) is 0.511. The maximum absolute atomic E-state index is 12.6. The minimum Gasteiger partial charge on any atom is -0.315 e. The van der Waals surface area contributed by atoms with Gasteiger partial charge in [0.2, 0.25) is 5.91 Å². The average Bonchev–Trinajstić information content (AvgIpc) is 2.53. The first-order chi connectivity index (χ1) is 11.3. The second kappa shape index (κ2) is 7.44. The summed E-state index contributed by atoms with van der Waals surface area (Å²) in [6.07, 6.45) is 0. The lowest BCUT2D eigenvalue weighted by Crippen LogP contribution is -2.33. The fourth-order valence-electron chi connectivity index (χ4n) is 2.33. The summed E-state index contributed by atoms with van der Waals surface area (Å²) in [5.41, 5.74) is 1.05. The van der Waals surface area contributed by atoms with Crippen LogP contribution in [-0.4, -0.2) is 34.0 Å². The number of H-pyrrole nitrogens is 1. The number of thioether (sulfide) groups is 1. The van der Waals surface area contributed by atoms with Gasteiger partial charge in [0.05, 0.1) is 10.8 Å². The number of nitrogens with one attached hydrogen (secondary N) is 1. The van der Waals surface area contributed by atoms with Gasteiger partial charge in [0.25, 0.3) is 0 Å². The van der Waals surface area contributed by atoms with Crippen molar-refractivity contribution in [2.75, 3.05) is 11.9 Å². The van der Waals surface area contributed by atoms with E-state index in [1.54, 1.807) is 25.8 Å². The van der Waals surface area contributed by atoms with Crippen LogP contribution in [0.25, 0.3) is 0 Å². The van der Waals surface area contributed by atoms with Crippen LogP contribution in [0.2, 0.25) is 0 Å². The van der Waals surface area contributed by atoms with Crippen LogP contribution in [0.15, 0.2) is 40.2 Å². The molecular weight excluding hydrogens is 326 g/mol. The smallest absolute Gasteiger partial charge is 0.315 e. The lowest BCUT2D eigenvalue weighted by Gasteiger charge is -2.21. The van der Waals surface area contributed by atoms with Crippen molar-refractivity contribution in [1.82, 2.24) is 9.97 Å². The summed E-state index contributed by atoms with van der Waals surface area (Å²) in [6.45, 7) is 4.79. The normalized spacial score (nSPS) is 11.8. The lowest BCUT2D eigenvalue weighted by molar-refractivity contribution is -0.117. The Morgan fingerprint density at radius 3 is 2.46 bits per heavy atom. The number of Topliss-reactive ketones (excluding diaryl/α,β-unsaturated/α-hetero) is 1. The Hall–Kier alpha value is -2.41. The van der Waals surface area contributed by atoms with Gasteiger partial charge >= 0.3 is 5.69 Å². The summed E-state index contributed by atoms with van der Waals surface area (Å²) in [5, 5.41) is -0.215. The molecule has 0 radical (unpaired) electrons. The van der Waals surface area contributed by atoms with Crippen molar-refractivity contribution >= 4 is 29.1 Å². The Bertz CT molecular complexity index is 818. The van der Waals surface area contributed by atoms with Crippen molar-refractivity contribution in [3.8, 4) is 0 Å². The minimum atomic E-state index is -0.531. The molecule has 2 rings (SSSR count). The Balaban J connectivity index is 2.26. The number of ketones is 1. The molecule has 0 aliphatic rings. The Kier molecular flexibility index (Phi) is 5.56. The SMILES string of the molecule is CC(=O)c1c(S[C@@H](C)C(=O)N(C)c2ccccc2)nc(=O)[nH]c1C. The number of anilines is 1. The molecule has 1 N–H and O–H groups in total. The first kappa shape index (κ1) is 17.9. The number of aryl methyl sites for hydroxylation is 1. The Morgan fingerprint density at radius 2 is 1.88 bits per heavy atom. The number of para-hydroxylation sites is 1. The van der Waals surface area contributed by atoms with Crippen LogP contribution in [0.5, 0.6) is 0 Å². The van der Waals surface area contributed by atoms with E-state index in [1.165, 1.54) is 6.92 Å². The largest absolute Gasteiger partial charge is 0.346 e. The molecule has 24 heavy (non-hydrogen) atoms. The number of carbonyl (C=O) groups is 2. The van der Waals surface area contributed by atoms with E-state index in [1.807, 2.05) is 30.3 Å². The van der Waals surface area contributed by atoms with Crippen LogP contribution in [0, 0.1) is 6.92 Å². The molecule has 0 fully saturated rings. The van der Waals surface area contributed by atoms with Gasteiger partial charge in [0.1, 0.15) is 5.03 Å². The van der Waals surface area contributed by atoms with E-state index in [9.17, 15) is 14.4 Å². The maximum atomic E-state index is 12.6. The predicted molar refractivity (Wildman–Crippen MR) is 94.8 cm³/mol. The minimum absolute atomic E-state index is 0.138. The molecule has 0 aliphatic carbocycles. The van der Waals surface area contributed by atoms with E-state index in [0.717, 1.165) is 17.4 Å². The van der Waals surface area contributed by atoms with Crippen molar-refractivity contribution in [2.24, 2.45) is 0 Å².